The van der Waals surface area contributed by atoms with Crippen LogP contribution in [0.2, 0.25) is 0 Å². The van der Waals surface area contributed by atoms with E-state index in [1.54, 1.807) is 0 Å². The van der Waals surface area contributed by atoms with Crippen LogP contribution in [0.25, 0.3) is 0 Å². The minimum Gasteiger partial charge on any atom is -1.00 e. The predicted molar refractivity (Wildman–Crippen MR) is 36.9 cm³/mol. The molecule has 1 N–H and O–H groups in total. The van der Waals surface area contributed by atoms with Gasteiger partial charge in [0.15, 0.2) is 0 Å². The van der Waals surface area contributed by atoms with Gasteiger partial charge in [-0.25, -0.2) is 0 Å². The molecule has 0 radical (unpaired) electrons. The molecule has 0 aliphatic heterocycles. The number of rotatable bonds is 1. The Hall–Kier alpha value is -0.310. The summed E-state index contributed by atoms with van der Waals surface area (Å²) < 4.78 is 0. The van der Waals surface area contributed by atoms with Crippen LogP contribution in [0.4, 0.5) is 0 Å². The molecule has 0 spiro atoms. The fourth-order valence-corrected chi connectivity index (χ4v) is 0.606. The van der Waals surface area contributed by atoms with Crippen LogP contribution >= 0.6 is 0 Å². The smallest absolute Gasteiger partial charge is 1.00 e. The third-order valence-electron chi connectivity index (χ3n) is 1.01. The van der Waals surface area contributed by atoms with Gasteiger partial charge in [0.2, 0.25) is 0 Å². The second-order valence-electron chi connectivity index (χ2n) is 1.66. The Bertz CT molecular complexity index is 203. The summed E-state index contributed by atoms with van der Waals surface area (Å²) in [6.07, 6.45) is 1.39. The van der Waals surface area contributed by atoms with Gasteiger partial charge in [-0.1, -0.05) is 35.5 Å². The zero-order chi connectivity index (χ0) is 6.53. The van der Waals surface area contributed by atoms with Crippen molar-refractivity contribution in [1.82, 2.24) is 0 Å². The molecule has 0 unspecified atom stereocenters. The Morgan fingerprint density at radius 3 is 2.40 bits per heavy atom. The molecule has 0 saturated heterocycles. The standard InChI is InChI=1S/C7H7NO.Na.H/c9-8-6-7-4-2-1-3-5-7;;/h1-6,9H;;/q;+1;-1. The Morgan fingerprint density at radius 1 is 1.30 bits per heavy atom. The van der Waals surface area contributed by atoms with Crippen molar-refractivity contribution in [3.63, 3.8) is 0 Å². The molecule has 0 heterocycles. The Balaban J connectivity index is 0. The first-order valence-corrected chi connectivity index (χ1v) is 2.66. The molecule has 0 bridgehead atoms. The molecule has 1 aromatic rings. The van der Waals surface area contributed by atoms with Gasteiger partial charge in [-0.05, 0) is 5.56 Å². The van der Waals surface area contributed by atoms with E-state index in [-0.39, 0.29) is 31.0 Å². The second kappa shape index (κ2) is 5.47. The summed E-state index contributed by atoms with van der Waals surface area (Å²) in [4.78, 5) is 0. The van der Waals surface area contributed by atoms with Gasteiger partial charge in [0.1, 0.15) is 0 Å². The predicted octanol–water partition coefficient (Wildman–Crippen LogP) is -1.39. The zero-order valence-electron chi connectivity index (χ0n) is 6.86. The van der Waals surface area contributed by atoms with E-state index in [0.29, 0.717) is 0 Å². The first-order valence-electron chi connectivity index (χ1n) is 2.66. The normalized spacial score (nSPS) is 9.20. The minimum absolute atomic E-state index is 0. The summed E-state index contributed by atoms with van der Waals surface area (Å²) in [6.45, 7) is 0. The van der Waals surface area contributed by atoms with Gasteiger partial charge in [-0.3, -0.25) is 0 Å². The first-order chi connectivity index (χ1) is 4.43. The summed E-state index contributed by atoms with van der Waals surface area (Å²) in [5, 5.41) is 11.0. The van der Waals surface area contributed by atoms with Crippen molar-refractivity contribution < 1.29 is 36.2 Å². The molecule has 0 aromatic heterocycles. The fraction of sp³-hybridized carbons (Fsp3) is 0. The monoisotopic (exact) mass is 145 g/mol. The molecule has 0 aliphatic carbocycles. The van der Waals surface area contributed by atoms with E-state index in [1.807, 2.05) is 30.3 Å². The van der Waals surface area contributed by atoms with Crippen molar-refractivity contribution in [3.05, 3.63) is 35.9 Å². The Kier molecular flexibility index (Phi) is 5.30. The maximum Gasteiger partial charge on any atom is 1.00 e. The van der Waals surface area contributed by atoms with Gasteiger partial charge in [-0.2, -0.15) is 0 Å². The van der Waals surface area contributed by atoms with Gasteiger partial charge in [0.05, 0.1) is 6.21 Å². The summed E-state index contributed by atoms with van der Waals surface area (Å²) >= 11 is 0. The molecule has 3 heteroatoms. The molecule has 0 fully saturated rings. The number of benzene rings is 1. The molecule has 2 nitrogen and oxygen atoms in total. The van der Waals surface area contributed by atoms with Crippen LogP contribution in [0.3, 0.4) is 0 Å². The molecule has 10 heavy (non-hydrogen) atoms. The third-order valence-corrected chi connectivity index (χ3v) is 1.01. The molecule has 0 amide bonds. The maximum absolute atomic E-state index is 8.09. The molecule has 0 atom stereocenters. The average Bonchev–Trinajstić information content (AvgIpc) is 1.91. The Morgan fingerprint density at radius 2 is 1.90 bits per heavy atom. The largest absolute Gasteiger partial charge is 1.00 e. The Labute approximate surface area is 83.3 Å². The zero-order valence-corrected chi connectivity index (χ0v) is 7.86. The number of hydrogen-bond acceptors (Lipinski definition) is 2. The first kappa shape index (κ1) is 9.69. The number of nitrogens with zero attached hydrogens (tertiary/aromatic N) is 1. The van der Waals surface area contributed by atoms with Crippen LogP contribution in [0.1, 0.15) is 6.99 Å². The average molecular weight is 145 g/mol. The van der Waals surface area contributed by atoms with Crippen LogP contribution in [-0.2, 0) is 0 Å². The van der Waals surface area contributed by atoms with E-state index < -0.39 is 0 Å². The van der Waals surface area contributed by atoms with Crippen molar-refractivity contribution in [3.8, 4) is 0 Å². The van der Waals surface area contributed by atoms with E-state index in [0.717, 1.165) is 5.56 Å². The molecule has 1 rings (SSSR count). The maximum atomic E-state index is 8.09. The fourth-order valence-electron chi connectivity index (χ4n) is 0.606. The van der Waals surface area contributed by atoms with Crippen LogP contribution in [0.5, 0.6) is 0 Å². The van der Waals surface area contributed by atoms with Crippen LogP contribution in [0.15, 0.2) is 35.5 Å². The molecular formula is C7H8NNaO. The molecule has 48 valence electrons. The van der Waals surface area contributed by atoms with Crippen molar-refractivity contribution in [2.45, 2.75) is 0 Å². The van der Waals surface area contributed by atoms with Gasteiger partial charge >= 0.3 is 29.6 Å². The van der Waals surface area contributed by atoms with Gasteiger partial charge < -0.3 is 6.63 Å². The van der Waals surface area contributed by atoms with E-state index in [1.165, 1.54) is 6.21 Å². The van der Waals surface area contributed by atoms with Crippen molar-refractivity contribution in [1.29, 1.82) is 0 Å². The van der Waals surface area contributed by atoms with Crippen molar-refractivity contribution >= 4 is 6.21 Å². The summed E-state index contributed by atoms with van der Waals surface area (Å²) in [5.41, 5.74) is 0.903. The quantitative estimate of drug-likeness (QED) is 0.224. The van der Waals surface area contributed by atoms with Crippen LogP contribution < -0.4 is 29.6 Å². The third kappa shape index (κ3) is 3.01. The van der Waals surface area contributed by atoms with Gasteiger partial charge in [-0.15, -0.1) is 0 Å². The van der Waals surface area contributed by atoms with Crippen molar-refractivity contribution in [2.75, 3.05) is 0 Å². The van der Waals surface area contributed by atoms with Gasteiger partial charge in [0.25, 0.3) is 0 Å². The van der Waals surface area contributed by atoms with E-state index in [2.05, 4.69) is 5.16 Å². The van der Waals surface area contributed by atoms with Gasteiger partial charge in [0, 0.05) is 0 Å². The number of oxime groups is 1. The second-order valence-corrected chi connectivity index (χ2v) is 1.66. The van der Waals surface area contributed by atoms with Crippen molar-refractivity contribution in [2.24, 2.45) is 5.16 Å². The van der Waals surface area contributed by atoms with E-state index in [9.17, 15) is 0 Å². The van der Waals surface area contributed by atoms with Crippen LogP contribution in [0, 0.1) is 0 Å². The molecule has 0 saturated carbocycles. The summed E-state index contributed by atoms with van der Waals surface area (Å²) in [5.74, 6) is 0. The van der Waals surface area contributed by atoms with Crippen LogP contribution in [-0.4, -0.2) is 11.4 Å². The molecular weight excluding hydrogens is 137 g/mol. The van der Waals surface area contributed by atoms with E-state index in [4.69, 9.17) is 5.21 Å². The molecule has 1 aromatic carbocycles. The number of hydrogen-bond donors (Lipinski definition) is 1. The van der Waals surface area contributed by atoms with E-state index >= 15 is 0 Å². The SMILES string of the molecule is ON=Cc1ccccc1.[H-].[Na+]. The summed E-state index contributed by atoms with van der Waals surface area (Å²) in [6, 6.07) is 9.40. The molecule has 0 aliphatic rings. The minimum atomic E-state index is 0. The topological polar surface area (TPSA) is 32.6 Å². The summed E-state index contributed by atoms with van der Waals surface area (Å²) in [7, 11) is 0.